The molecule has 2 aliphatic rings. The van der Waals surface area contributed by atoms with Gasteiger partial charge in [-0.2, -0.15) is 0 Å². The van der Waals surface area contributed by atoms with E-state index in [1.54, 1.807) is 5.56 Å². The highest BCUT2D eigenvalue weighted by Crippen LogP contribution is 2.45. The van der Waals surface area contributed by atoms with Gasteiger partial charge < -0.3 is 10.1 Å². The molecule has 1 saturated heterocycles. The fourth-order valence-corrected chi connectivity index (χ4v) is 3.32. The molecular weight excluding hydrogens is 246 g/mol. The third kappa shape index (κ3) is 3.24. The van der Waals surface area contributed by atoms with Crippen LogP contribution >= 0.6 is 0 Å². The number of nitrogens with one attached hydrogen (secondary N) is 1. The standard InChI is InChI=1S/C18H27NO/c1-13(2)19-12-15-6-5-11-20-18(15)17-8-4-3-7-16(17)14-9-10-14/h3-4,7-8,13-15,18-19H,5-6,9-12H2,1-2H3. The molecule has 2 nitrogen and oxygen atoms in total. The normalized spacial score (nSPS) is 26.9. The lowest BCUT2D eigenvalue weighted by Gasteiger charge is -2.34. The molecule has 0 aromatic heterocycles. The molecular formula is C18H27NO. The van der Waals surface area contributed by atoms with Gasteiger partial charge in [-0.1, -0.05) is 38.1 Å². The molecule has 2 heteroatoms. The Morgan fingerprint density at radius 2 is 1.90 bits per heavy atom. The van der Waals surface area contributed by atoms with Gasteiger partial charge in [-0.3, -0.25) is 0 Å². The van der Waals surface area contributed by atoms with Gasteiger partial charge in [-0.25, -0.2) is 0 Å². The fraction of sp³-hybridized carbons (Fsp3) is 0.667. The van der Waals surface area contributed by atoms with Crippen LogP contribution in [-0.4, -0.2) is 19.2 Å². The van der Waals surface area contributed by atoms with E-state index in [4.69, 9.17) is 4.74 Å². The minimum Gasteiger partial charge on any atom is -0.373 e. The van der Waals surface area contributed by atoms with Crippen molar-refractivity contribution >= 4 is 0 Å². The van der Waals surface area contributed by atoms with Crippen molar-refractivity contribution in [3.05, 3.63) is 35.4 Å². The molecule has 1 aliphatic heterocycles. The van der Waals surface area contributed by atoms with E-state index in [1.165, 1.54) is 31.2 Å². The summed E-state index contributed by atoms with van der Waals surface area (Å²) >= 11 is 0. The lowest BCUT2D eigenvalue weighted by molar-refractivity contribution is -0.0287. The van der Waals surface area contributed by atoms with Gasteiger partial charge in [0.25, 0.3) is 0 Å². The molecule has 2 atom stereocenters. The molecule has 1 heterocycles. The van der Waals surface area contributed by atoms with Crippen molar-refractivity contribution in [3.8, 4) is 0 Å². The summed E-state index contributed by atoms with van der Waals surface area (Å²) in [5.41, 5.74) is 3.01. The van der Waals surface area contributed by atoms with Crippen molar-refractivity contribution < 1.29 is 4.74 Å². The molecule has 2 unspecified atom stereocenters. The molecule has 0 radical (unpaired) electrons. The largest absolute Gasteiger partial charge is 0.373 e. The Balaban J connectivity index is 1.78. The number of hydrogen-bond donors (Lipinski definition) is 1. The maximum Gasteiger partial charge on any atom is 0.0867 e. The molecule has 1 saturated carbocycles. The van der Waals surface area contributed by atoms with Crippen LogP contribution in [-0.2, 0) is 4.74 Å². The molecule has 20 heavy (non-hydrogen) atoms. The van der Waals surface area contributed by atoms with Crippen molar-refractivity contribution in [2.75, 3.05) is 13.2 Å². The van der Waals surface area contributed by atoms with Crippen LogP contribution in [0.15, 0.2) is 24.3 Å². The Kier molecular flexibility index (Phi) is 4.42. The van der Waals surface area contributed by atoms with Crippen molar-refractivity contribution in [1.29, 1.82) is 0 Å². The molecule has 1 aliphatic carbocycles. The van der Waals surface area contributed by atoms with Crippen molar-refractivity contribution in [3.63, 3.8) is 0 Å². The van der Waals surface area contributed by atoms with E-state index in [9.17, 15) is 0 Å². The van der Waals surface area contributed by atoms with E-state index >= 15 is 0 Å². The van der Waals surface area contributed by atoms with Gasteiger partial charge in [0.05, 0.1) is 6.10 Å². The van der Waals surface area contributed by atoms with E-state index in [-0.39, 0.29) is 0 Å². The zero-order chi connectivity index (χ0) is 13.9. The summed E-state index contributed by atoms with van der Waals surface area (Å²) in [7, 11) is 0. The summed E-state index contributed by atoms with van der Waals surface area (Å²) in [4.78, 5) is 0. The summed E-state index contributed by atoms with van der Waals surface area (Å²) in [5.74, 6) is 1.42. The zero-order valence-electron chi connectivity index (χ0n) is 12.8. The van der Waals surface area contributed by atoms with Crippen LogP contribution in [0.5, 0.6) is 0 Å². The van der Waals surface area contributed by atoms with Gasteiger partial charge in [0.1, 0.15) is 0 Å². The van der Waals surface area contributed by atoms with Crippen molar-refractivity contribution in [1.82, 2.24) is 5.32 Å². The zero-order valence-corrected chi connectivity index (χ0v) is 12.8. The smallest absolute Gasteiger partial charge is 0.0867 e. The number of ether oxygens (including phenoxy) is 1. The van der Waals surface area contributed by atoms with Crippen LogP contribution in [0.4, 0.5) is 0 Å². The average molecular weight is 273 g/mol. The van der Waals surface area contributed by atoms with Crippen LogP contribution < -0.4 is 5.32 Å². The van der Waals surface area contributed by atoms with Crippen LogP contribution in [0.1, 0.15) is 62.7 Å². The second-order valence-corrected chi connectivity index (χ2v) is 6.66. The topological polar surface area (TPSA) is 21.3 Å². The Hall–Kier alpha value is -0.860. The molecule has 110 valence electrons. The summed E-state index contributed by atoms with van der Waals surface area (Å²) in [6.07, 6.45) is 5.50. The van der Waals surface area contributed by atoms with E-state index in [0.717, 1.165) is 19.1 Å². The average Bonchev–Trinajstić information content (AvgIpc) is 3.30. The van der Waals surface area contributed by atoms with Gasteiger partial charge in [0.15, 0.2) is 0 Å². The van der Waals surface area contributed by atoms with Crippen molar-refractivity contribution in [2.24, 2.45) is 5.92 Å². The summed E-state index contributed by atoms with van der Waals surface area (Å²) in [6.45, 7) is 6.43. The predicted molar refractivity (Wildman–Crippen MR) is 83.0 cm³/mol. The summed E-state index contributed by atoms with van der Waals surface area (Å²) < 4.78 is 6.19. The Labute approximate surface area is 122 Å². The van der Waals surface area contributed by atoms with E-state index in [0.29, 0.717) is 18.1 Å². The first-order valence-electron chi connectivity index (χ1n) is 8.19. The van der Waals surface area contributed by atoms with Gasteiger partial charge in [0, 0.05) is 25.1 Å². The highest BCUT2D eigenvalue weighted by atomic mass is 16.5. The molecule has 3 rings (SSSR count). The molecule has 0 spiro atoms. The summed E-state index contributed by atoms with van der Waals surface area (Å²) in [5, 5.41) is 3.60. The number of benzene rings is 1. The highest BCUT2D eigenvalue weighted by molar-refractivity contribution is 5.35. The maximum absolute atomic E-state index is 6.19. The summed E-state index contributed by atoms with van der Waals surface area (Å²) in [6, 6.07) is 9.52. The third-order valence-corrected chi connectivity index (χ3v) is 4.55. The lowest BCUT2D eigenvalue weighted by atomic mass is 9.86. The van der Waals surface area contributed by atoms with Crippen LogP contribution in [0, 0.1) is 5.92 Å². The monoisotopic (exact) mass is 273 g/mol. The first-order chi connectivity index (χ1) is 9.75. The number of rotatable bonds is 5. The minimum atomic E-state index is 0.298. The van der Waals surface area contributed by atoms with Crippen LogP contribution in [0.25, 0.3) is 0 Å². The van der Waals surface area contributed by atoms with Gasteiger partial charge in [-0.15, -0.1) is 0 Å². The first kappa shape index (κ1) is 14.1. The second kappa shape index (κ2) is 6.28. The molecule has 1 aromatic carbocycles. The first-order valence-corrected chi connectivity index (χ1v) is 8.19. The maximum atomic E-state index is 6.19. The van der Waals surface area contributed by atoms with Crippen LogP contribution in [0.3, 0.4) is 0 Å². The Bertz CT molecular complexity index is 439. The van der Waals surface area contributed by atoms with Gasteiger partial charge in [-0.05, 0) is 42.7 Å². The van der Waals surface area contributed by atoms with E-state index in [2.05, 4.69) is 43.4 Å². The molecule has 0 bridgehead atoms. The quantitative estimate of drug-likeness (QED) is 0.874. The van der Waals surface area contributed by atoms with E-state index in [1.807, 2.05) is 0 Å². The van der Waals surface area contributed by atoms with E-state index < -0.39 is 0 Å². The van der Waals surface area contributed by atoms with Crippen LogP contribution in [0.2, 0.25) is 0 Å². The van der Waals surface area contributed by atoms with Crippen molar-refractivity contribution in [2.45, 2.75) is 57.6 Å². The SMILES string of the molecule is CC(C)NCC1CCCOC1c1ccccc1C1CC1. The highest BCUT2D eigenvalue weighted by Gasteiger charge is 2.33. The minimum absolute atomic E-state index is 0.298. The Morgan fingerprint density at radius 1 is 1.15 bits per heavy atom. The second-order valence-electron chi connectivity index (χ2n) is 6.66. The molecule has 1 aromatic rings. The Morgan fingerprint density at radius 3 is 2.60 bits per heavy atom. The number of hydrogen-bond acceptors (Lipinski definition) is 2. The molecule has 0 amide bonds. The molecule has 2 fully saturated rings. The lowest BCUT2D eigenvalue weighted by Crippen LogP contribution is -2.35. The van der Waals surface area contributed by atoms with Gasteiger partial charge >= 0.3 is 0 Å². The van der Waals surface area contributed by atoms with Gasteiger partial charge in [0.2, 0.25) is 0 Å². The fourth-order valence-electron chi connectivity index (χ4n) is 3.32. The third-order valence-electron chi connectivity index (χ3n) is 4.55. The molecule has 1 N–H and O–H groups in total. The predicted octanol–water partition coefficient (Wildman–Crippen LogP) is 4.03.